The van der Waals surface area contributed by atoms with Crippen LogP contribution < -0.4 is 15.5 Å². The van der Waals surface area contributed by atoms with Crippen molar-refractivity contribution in [2.24, 2.45) is 5.92 Å². The van der Waals surface area contributed by atoms with Gasteiger partial charge in [-0.05, 0) is 48.9 Å². The summed E-state index contributed by atoms with van der Waals surface area (Å²) in [7, 11) is 0. The number of fused-ring (bicyclic) bond motifs is 1. The molecule has 1 aliphatic heterocycles. The van der Waals surface area contributed by atoms with Gasteiger partial charge in [-0.2, -0.15) is 0 Å². The van der Waals surface area contributed by atoms with E-state index in [4.69, 9.17) is 0 Å². The third kappa shape index (κ3) is 3.69. The minimum Gasteiger partial charge on any atom is -0.361 e. The van der Waals surface area contributed by atoms with Gasteiger partial charge < -0.3 is 15.5 Å². The number of amides is 2. The molecule has 0 spiro atoms. The van der Waals surface area contributed by atoms with E-state index in [-0.39, 0.29) is 18.4 Å². The first-order valence-electron chi connectivity index (χ1n) is 9.07. The number of nitrogens with zero attached hydrogens (tertiary/aromatic N) is 2. The van der Waals surface area contributed by atoms with E-state index < -0.39 is 0 Å². The van der Waals surface area contributed by atoms with Gasteiger partial charge in [0.1, 0.15) is 5.82 Å². The highest BCUT2D eigenvalue weighted by molar-refractivity contribution is 6.07. The Labute approximate surface area is 152 Å². The van der Waals surface area contributed by atoms with Crippen LogP contribution in [0.25, 0.3) is 0 Å². The lowest BCUT2D eigenvalue weighted by atomic mass is 10.2. The van der Waals surface area contributed by atoms with Crippen molar-refractivity contribution < 1.29 is 9.59 Å². The molecular weight excluding hydrogens is 328 g/mol. The molecule has 1 aromatic carbocycles. The molecule has 6 nitrogen and oxygen atoms in total. The number of carbonyl (C=O) groups is 2. The molecule has 6 heteroatoms. The highest BCUT2D eigenvalue weighted by Gasteiger charge is 2.25. The Morgan fingerprint density at radius 2 is 2.00 bits per heavy atom. The van der Waals surface area contributed by atoms with Crippen LogP contribution in [0.1, 0.15) is 28.8 Å². The quantitative estimate of drug-likeness (QED) is 0.838. The number of hydrogen-bond acceptors (Lipinski definition) is 4. The summed E-state index contributed by atoms with van der Waals surface area (Å²) >= 11 is 0. The maximum atomic E-state index is 12.7. The van der Waals surface area contributed by atoms with Gasteiger partial charge in [0.15, 0.2) is 0 Å². The zero-order valence-corrected chi connectivity index (χ0v) is 14.6. The fourth-order valence-electron chi connectivity index (χ4n) is 3.14. The van der Waals surface area contributed by atoms with E-state index >= 15 is 0 Å². The molecule has 134 valence electrons. The number of para-hydroxylation sites is 1. The summed E-state index contributed by atoms with van der Waals surface area (Å²) < 4.78 is 0. The van der Waals surface area contributed by atoms with Crippen molar-refractivity contribution >= 4 is 23.3 Å². The number of hydrogen-bond donors (Lipinski definition) is 2. The molecule has 1 aliphatic carbocycles. The van der Waals surface area contributed by atoms with Crippen molar-refractivity contribution in [2.45, 2.75) is 19.3 Å². The van der Waals surface area contributed by atoms with Gasteiger partial charge in [-0.25, -0.2) is 4.98 Å². The third-order valence-corrected chi connectivity index (χ3v) is 4.86. The first-order valence-corrected chi connectivity index (χ1v) is 9.07. The number of anilines is 2. The fourth-order valence-corrected chi connectivity index (χ4v) is 3.14. The van der Waals surface area contributed by atoms with Crippen LogP contribution in [0.5, 0.6) is 0 Å². The molecule has 2 N–H and O–H groups in total. The second-order valence-corrected chi connectivity index (χ2v) is 6.87. The van der Waals surface area contributed by atoms with Gasteiger partial charge in [-0.15, -0.1) is 0 Å². The fraction of sp³-hybridized carbons (Fsp3) is 0.350. The zero-order valence-electron chi connectivity index (χ0n) is 14.6. The van der Waals surface area contributed by atoms with E-state index in [1.54, 1.807) is 23.2 Å². The Morgan fingerprint density at radius 1 is 1.15 bits per heavy atom. The molecule has 1 saturated carbocycles. The average Bonchev–Trinajstić information content (AvgIpc) is 3.41. The van der Waals surface area contributed by atoms with Crippen LogP contribution >= 0.6 is 0 Å². The standard InChI is InChI=1S/C20H22N4O2/c25-19(23-11-14-5-6-14)13-22-18-8-7-16(12-21-18)20(26)24-10-9-15-3-1-2-4-17(15)24/h1-4,7-8,12,14H,5-6,9-11,13H2,(H,21,22)(H,23,25). The monoisotopic (exact) mass is 350 g/mol. The summed E-state index contributed by atoms with van der Waals surface area (Å²) in [5, 5.41) is 5.89. The van der Waals surface area contributed by atoms with Crippen LogP contribution in [0.3, 0.4) is 0 Å². The van der Waals surface area contributed by atoms with Gasteiger partial charge in [0.25, 0.3) is 5.91 Å². The van der Waals surface area contributed by atoms with Crippen molar-refractivity contribution in [3.8, 4) is 0 Å². The van der Waals surface area contributed by atoms with Crippen molar-refractivity contribution in [2.75, 3.05) is 29.9 Å². The van der Waals surface area contributed by atoms with Crippen molar-refractivity contribution in [3.05, 3.63) is 53.7 Å². The summed E-state index contributed by atoms with van der Waals surface area (Å²) in [5.74, 6) is 1.17. The number of benzene rings is 1. The minimum absolute atomic E-state index is 0.0347. The summed E-state index contributed by atoms with van der Waals surface area (Å²) in [6, 6.07) is 11.5. The van der Waals surface area contributed by atoms with Crippen molar-refractivity contribution in [1.29, 1.82) is 0 Å². The van der Waals surface area contributed by atoms with Gasteiger partial charge in [-0.1, -0.05) is 18.2 Å². The van der Waals surface area contributed by atoms with Crippen LogP contribution in [0.15, 0.2) is 42.6 Å². The topological polar surface area (TPSA) is 74.3 Å². The van der Waals surface area contributed by atoms with E-state index in [2.05, 4.69) is 21.7 Å². The Hall–Kier alpha value is -2.89. The molecule has 2 aliphatic rings. The van der Waals surface area contributed by atoms with Crippen molar-refractivity contribution in [1.82, 2.24) is 10.3 Å². The molecule has 4 rings (SSSR count). The number of pyridine rings is 1. The second-order valence-electron chi connectivity index (χ2n) is 6.87. The van der Waals surface area contributed by atoms with E-state index in [0.29, 0.717) is 23.8 Å². The van der Waals surface area contributed by atoms with Gasteiger partial charge >= 0.3 is 0 Å². The van der Waals surface area contributed by atoms with Crippen molar-refractivity contribution in [3.63, 3.8) is 0 Å². The first kappa shape index (κ1) is 16.6. The lowest BCUT2D eigenvalue weighted by Crippen LogP contribution is -2.31. The lowest BCUT2D eigenvalue weighted by Gasteiger charge is -2.17. The van der Waals surface area contributed by atoms with E-state index in [0.717, 1.165) is 18.7 Å². The smallest absolute Gasteiger partial charge is 0.259 e. The third-order valence-electron chi connectivity index (χ3n) is 4.86. The molecule has 1 aromatic heterocycles. The SMILES string of the molecule is O=C(CNc1ccc(C(=O)N2CCc3ccccc32)cn1)NCC1CC1. The van der Waals surface area contributed by atoms with E-state index in [1.807, 2.05) is 18.2 Å². The highest BCUT2D eigenvalue weighted by atomic mass is 16.2. The molecule has 0 bridgehead atoms. The van der Waals surface area contributed by atoms with Crippen LogP contribution in [-0.2, 0) is 11.2 Å². The molecule has 26 heavy (non-hydrogen) atoms. The number of carbonyl (C=O) groups excluding carboxylic acids is 2. The average molecular weight is 350 g/mol. The van der Waals surface area contributed by atoms with E-state index in [1.165, 1.54) is 18.4 Å². The first-order chi connectivity index (χ1) is 12.7. The molecule has 0 radical (unpaired) electrons. The highest BCUT2D eigenvalue weighted by Crippen LogP contribution is 2.29. The Balaban J connectivity index is 1.34. The second kappa shape index (κ2) is 7.15. The summed E-state index contributed by atoms with van der Waals surface area (Å²) in [6.45, 7) is 1.64. The maximum Gasteiger partial charge on any atom is 0.259 e. The largest absolute Gasteiger partial charge is 0.361 e. The minimum atomic E-state index is -0.0452. The Kier molecular flexibility index (Phi) is 4.56. The molecule has 1 fully saturated rings. The summed E-state index contributed by atoms with van der Waals surface area (Å²) in [6.07, 6.45) is 4.87. The number of aromatic nitrogens is 1. The molecule has 0 saturated heterocycles. The summed E-state index contributed by atoms with van der Waals surface area (Å²) in [5.41, 5.74) is 2.72. The van der Waals surface area contributed by atoms with Crippen LogP contribution in [0.2, 0.25) is 0 Å². The van der Waals surface area contributed by atoms with Gasteiger partial charge in [0, 0.05) is 25.0 Å². The zero-order chi connectivity index (χ0) is 17.9. The van der Waals surface area contributed by atoms with Crippen LogP contribution in [0, 0.1) is 5.92 Å². The molecule has 0 atom stereocenters. The Morgan fingerprint density at radius 3 is 2.77 bits per heavy atom. The maximum absolute atomic E-state index is 12.7. The Bertz CT molecular complexity index is 815. The van der Waals surface area contributed by atoms with Crippen LogP contribution in [-0.4, -0.2) is 36.4 Å². The number of nitrogens with one attached hydrogen (secondary N) is 2. The normalized spacial score (nSPS) is 15.5. The molecule has 2 amide bonds. The summed E-state index contributed by atoms with van der Waals surface area (Å²) in [4.78, 5) is 30.6. The van der Waals surface area contributed by atoms with Gasteiger partial charge in [0.2, 0.25) is 5.91 Å². The number of rotatable bonds is 6. The molecule has 2 heterocycles. The lowest BCUT2D eigenvalue weighted by molar-refractivity contribution is -0.119. The predicted molar refractivity (Wildman–Crippen MR) is 100 cm³/mol. The van der Waals surface area contributed by atoms with Crippen LogP contribution in [0.4, 0.5) is 11.5 Å². The van der Waals surface area contributed by atoms with Gasteiger partial charge in [0.05, 0.1) is 12.1 Å². The molecule has 2 aromatic rings. The molecular formula is C20H22N4O2. The predicted octanol–water partition coefficient (Wildman–Crippen LogP) is 2.22. The van der Waals surface area contributed by atoms with E-state index in [9.17, 15) is 9.59 Å². The van der Waals surface area contributed by atoms with Gasteiger partial charge in [-0.3, -0.25) is 9.59 Å². The molecule has 0 unspecified atom stereocenters.